The number of benzene rings is 2. The zero-order chi connectivity index (χ0) is 15.9. The molecule has 3 rings (SSSR count). The summed E-state index contributed by atoms with van der Waals surface area (Å²) in [5, 5.41) is 10.1. The number of hydrogen-bond acceptors (Lipinski definition) is 3. The maximum atomic E-state index is 10.1. The van der Waals surface area contributed by atoms with Gasteiger partial charge in [0.1, 0.15) is 18.5 Å². The van der Waals surface area contributed by atoms with Crippen LogP contribution in [0.25, 0.3) is 11.1 Å². The monoisotopic (exact) mass is 311 g/mol. The summed E-state index contributed by atoms with van der Waals surface area (Å²) in [6.07, 6.45) is 3.38. The Labute approximate surface area is 138 Å². The van der Waals surface area contributed by atoms with Crippen LogP contribution in [0.2, 0.25) is 0 Å². The molecule has 2 aromatic rings. The zero-order valence-electron chi connectivity index (χ0n) is 13.5. The smallest absolute Gasteiger partial charge is 0.119 e. The first kappa shape index (κ1) is 16.0. The number of β-amino-alcohol motifs (C(OH)–C–C–N with tert-alkyl or cyclic N) is 1. The molecule has 1 N–H and O–H groups in total. The summed E-state index contributed by atoms with van der Waals surface area (Å²) in [5.74, 6) is 0.808. The number of aliphatic hydroxyl groups excluding tert-OH is 1. The molecule has 1 heterocycles. The van der Waals surface area contributed by atoms with Crippen molar-refractivity contribution in [1.29, 1.82) is 0 Å². The van der Waals surface area contributed by atoms with Crippen molar-refractivity contribution < 1.29 is 9.84 Å². The van der Waals surface area contributed by atoms with Crippen molar-refractivity contribution in [3.63, 3.8) is 0 Å². The van der Waals surface area contributed by atoms with Gasteiger partial charge in [0.15, 0.2) is 0 Å². The predicted octanol–water partition coefficient (Wildman–Crippen LogP) is 3.58. The lowest BCUT2D eigenvalue weighted by Gasteiger charge is -2.28. The van der Waals surface area contributed by atoms with E-state index in [1.54, 1.807) is 0 Å². The largest absolute Gasteiger partial charge is 0.491 e. The zero-order valence-corrected chi connectivity index (χ0v) is 13.5. The lowest BCUT2D eigenvalue weighted by atomic mass is 10.1. The molecule has 0 aromatic heterocycles. The molecule has 1 fully saturated rings. The minimum absolute atomic E-state index is 0.348. The van der Waals surface area contributed by atoms with E-state index in [0.29, 0.717) is 13.2 Å². The standard InChI is InChI=1S/C20H25NO2/c22-19(15-21-13-5-2-6-14-21)16-23-20-11-9-18(10-12-20)17-7-3-1-4-8-17/h1,3-4,7-12,19,22H,2,5-6,13-16H2/t19-/m0/s1. The number of likely N-dealkylation sites (tertiary alicyclic amines) is 1. The van der Waals surface area contributed by atoms with Gasteiger partial charge >= 0.3 is 0 Å². The van der Waals surface area contributed by atoms with E-state index in [0.717, 1.165) is 18.8 Å². The second kappa shape index (κ2) is 8.14. The van der Waals surface area contributed by atoms with Crippen LogP contribution in [0.15, 0.2) is 54.6 Å². The lowest BCUT2D eigenvalue weighted by Crippen LogP contribution is -2.38. The van der Waals surface area contributed by atoms with Gasteiger partial charge in [0.25, 0.3) is 0 Å². The van der Waals surface area contributed by atoms with Crippen LogP contribution < -0.4 is 4.74 Å². The van der Waals surface area contributed by atoms with Crippen molar-refractivity contribution in [2.24, 2.45) is 0 Å². The van der Waals surface area contributed by atoms with Crippen LogP contribution in [0.3, 0.4) is 0 Å². The van der Waals surface area contributed by atoms with Crippen molar-refractivity contribution in [3.8, 4) is 16.9 Å². The summed E-state index contributed by atoms with van der Waals surface area (Å²) in [6.45, 7) is 3.26. The second-order valence-electron chi connectivity index (χ2n) is 6.22. The van der Waals surface area contributed by atoms with E-state index in [1.165, 1.54) is 30.4 Å². The Bertz CT molecular complexity index is 576. The highest BCUT2D eigenvalue weighted by Gasteiger charge is 2.14. The van der Waals surface area contributed by atoms with Gasteiger partial charge in [-0.3, -0.25) is 0 Å². The molecule has 2 aromatic carbocycles. The number of piperidine rings is 1. The molecule has 3 nitrogen and oxygen atoms in total. The number of aliphatic hydroxyl groups is 1. The van der Waals surface area contributed by atoms with Crippen LogP contribution in [0.5, 0.6) is 5.75 Å². The Hall–Kier alpha value is -1.84. The van der Waals surface area contributed by atoms with Crippen LogP contribution in [0.1, 0.15) is 19.3 Å². The van der Waals surface area contributed by atoms with Crippen molar-refractivity contribution in [3.05, 3.63) is 54.6 Å². The third-order valence-electron chi connectivity index (χ3n) is 4.32. The molecule has 1 atom stereocenters. The van der Waals surface area contributed by atoms with E-state index < -0.39 is 6.10 Å². The second-order valence-corrected chi connectivity index (χ2v) is 6.22. The number of nitrogens with zero attached hydrogens (tertiary/aromatic N) is 1. The van der Waals surface area contributed by atoms with E-state index in [9.17, 15) is 5.11 Å². The van der Waals surface area contributed by atoms with E-state index in [1.807, 2.05) is 30.3 Å². The van der Waals surface area contributed by atoms with Crippen LogP contribution in [-0.4, -0.2) is 42.4 Å². The molecular formula is C20H25NO2. The van der Waals surface area contributed by atoms with Gasteiger partial charge in [-0.2, -0.15) is 0 Å². The third kappa shape index (κ3) is 4.81. The molecular weight excluding hydrogens is 286 g/mol. The molecule has 0 spiro atoms. The SMILES string of the molecule is O[C@H](COc1ccc(-c2ccccc2)cc1)CN1CCCCC1. The minimum Gasteiger partial charge on any atom is -0.491 e. The molecule has 122 valence electrons. The van der Waals surface area contributed by atoms with Gasteiger partial charge in [-0.05, 0) is 49.2 Å². The first-order valence-corrected chi connectivity index (χ1v) is 8.50. The Morgan fingerprint density at radius 3 is 2.22 bits per heavy atom. The molecule has 3 heteroatoms. The van der Waals surface area contributed by atoms with Crippen molar-refractivity contribution >= 4 is 0 Å². The highest BCUT2D eigenvalue weighted by Crippen LogP contribution is 2.22. The lowest BCUT2D eigenvalue weighted by molar-refractivity contribution is 0.0617. The molecule has 0 aliphatic carbocycles. The molecule has 1 aliphatic heterocycles. The Morgan fingerprint density at radius 1 is 0.870 bits per heavy atom. The van der Waals surface area contributed by atoms with E-state index in [4.69, 9.17) is 4.74 Å². The molecule has 0 saturated carbocycles. The van der Waals surface area contributed by atoms with Crippen LogP contribution in [0.4, 0.5) is 0 Å². The van der Waals surface area contributed by atoms with Gasteiger partial charge in [-0.15, -0.1) is 0 Å². The minimum atomic E-state index is -0.429. The maximum absolute atomic E-state index is 10.1. The Kier molecular flexibility index (Phi) is 5.67. The first-order valence-electron chi connectivity index (χ1n) is 8.50. The first-order chi connectivity index (χ1) is 11.3. The predicted molar refractivity (Wildman–Crippen MR) is 93.7 cm³/mol. The summed E-state index contributed by atoms with van der Waals surface area (Å²) in [6, 6.07) is 18.3. The van der Waals surface area contributed by atoms with E-state index in [-0.39, 0.29) is 0 Å². The maximum Gasteiger partial charge on any atom is 0.119 e. The molecule has 0 bridgehead atoms. The molecule has 1 aliphatic rings. The Balaban J connectivity index is 1.48. The van der Waals surface area contributed by atoms with Gasteiger partial charge in [0.2, 0.25) is 0 Å². The van der Waals surface area contributed by atoms with Crippen LogP contribution >= 0.6 is 0 Å². The third-order valence-corrected chi connectivity index (χ3v) is 4.32. The highest BCUT2D eigenvalue weighted by atomic mass is 16.5. The van der Waals surface area contributed by atoms with Gasteiger partial charge in [-0.1, -0.05) is 48.9 Å². The summed E-state index contributed by atoms with van der Waals surface area (Å²) < 4.78 is 5.72. The fourth-order valence-electron chi connectivity index (χ4n) is 3.06. The molecule has 0 radical (unpaired) electrons. The fourth-order valence-corrected chi connectivity index (χ4v) is 3.06. The van der Waals surface area contributed by atoms with E-state index >= 15 is 0 Å². The molecule has 23 heavy (non-hydrogen) atoms. The number of rotatable bonds is 6. The summed E-state index contributed by atoms with van der Waals surface area (Å²) in [4.78, 5) is 2.33. The molecule has 0 amide bonds. The van der Waals surface area contributed by atoms with Gasteiger partial charge in [0, 0.05) is 6.54 Å². The van der Waals surface area contributed by atoms with E-state index in [2.05, 4.69) is 29.2 Å². The van der Waals surface area contributed by atoms with Crippen LogP contribution in [-0.2, 0) is 0 Å². The summed E-state index contributed by atoms with van der Waals surface area (Å²) >= 11 is 0. The fraction of sp³-hybridized carbons (Fsp3) is 0.400. The normalized spacial score (nSPS) is 16.9. The van der Waals surface area contributed by atoms with Crippen molar-refractivity contribution in [1.82, 2.24) is 4.90 Å². The average Bonchev–Trinajstić information content (AvgIpc) is 2.62. The van der Waals surface area contributed by atoms with Gasteiger partial charge < -0.3 is 14.7 Å². The number of ether oxygens (including phenoxy) is 1. The summed E-state index contributed by atoms with van der Waals surface area (Å²) in [5.41, 5.74) is 2.37. The van der Waals surface area contributed by atoms with Gasteiger partial charge in [0.05, 0.1) is 0 Å². The summed E-state index contributed by atoms with van der Waals surface area (Å²) in [7, 11) is 0. The quantitative estimate of drug-likeness (QED) is 0.885. The average molecular weight is 311 g/mol. The van der Waals surface area contributed by atoms with Crippen molar-refractivity contribution in [2.45, 2.75) is 25.4 Å². The van der Waals surface area contributed by atoms with Crippen molar-refractivity contribution in [2.75, 3.05) is 26.2 Å². The topological polar surface area (TPSA) is 32.7 Å². The molecule has 0 unspecified atom stereocenters. The highest BCUT2D eigenvalue weighted by molar-refractivity contribution is 5.63. The van der Waals surface area contributed by atoms with Crippen LogP contribution in [0, 0.1) is 0 Å². The Morgan fingerprint density at radius 2 is 1.52 bits per heavy atom. The number of hydrogen-bond donors (Lipinski definition) is 1. The molecule has 1 saturated heterocycles. The van der Waals surface area contributed by atoms with Gasteiger partial charge in [-0.25, -0.2) is 0 Å².